The summed E-state index contributed by atoms with van der Waals surface area (Å²) in [6.45, 7) is 7.49. The number of hydrogen-bond acceptors (Lipinski definition) is 5. The van der Waals surface area contributed by atoms with Gasteiger partial charge in [0.15, 0.2) is 0 Å². The molecule has 0 unspecified atom stereocenters. The average Bonchev–Trinajstić information content (AvgIpc) is 3.08. The Morgan fingerprint density at radius 1 is 1.38 bits per heavy atom. The van der Waals surface area contributed by atoms with Crippen molar-refractivity contribution in [3.8, 4) is 0 Å². The van der Waals surface area contributed by atoms with Crippen LogP contribution in [0.1, 0.15) is 54.4 Å². The second-order valence-corrected chi connectivity index (χ2v) is 7.58. The largest absolute Gasteiger partial charge is 0.380 e. The van der Waals surface area contributed by atoms with E-state index >= 15 is 0 Å². The minimum Gasteiger partial charge on any atom is -0.380 e. The topological polar surface area (TPSA) is 64.8 Å². The van der Waals surface area contributed by atoms with E-state index in [1.807, 2.05) is 13.8 Å². The maximum absolute atomic E-state index is 13.5. The highest BCUT2D eigenvalue weighted by Gasteiger charge is 2.50. The van der Waals surface area contributed by atoms with Crippen molar-refractivity contribution in [3.63, 3.8) is 0 Å². The van der Waals surface area contributed by atoms with Gasteiger partial charge in [-0.3, -0.25) is 4.79 Å². The summed E-state index contributed by atoms with van der Waals surface area (Å²) in [7, 11) is 0. The zero-order valence-corrected chi connectivity index (χ0v) is 15.8. The van der Waals surface area contributed by atoms with Crippen LogP contribution in [0.2, 0.25) is 0 Å². The minimum absolute atomic E-state index is 0.0621. The molecular weight excluding hydrogens is 332 g/mol. The lowest BCUT2D eigenvalue weighted by Crippen LogP contribution is -2.59. The van der Waals surface area contributed by atoms with Gasteiger partial charge in [0.25, 0.3) is 5.91 Å². The Bertz CT molecular complexity index is 707. The third-order valence-electron chi connectivity index (χ3n) is 6.28. The molecule has 6 nitrogen and oxygen atoms in total. The predicted molar refractivity (Wildman–Crippen MR) is 96.1 cm³/mol. The average molecular weight is 360 g/mol. The number of nitrogens with zero attached hydrogens (tertiary/aromatic N) is 2. The number of piperidine rings is 1. The molecule has 0 saturated carbocycles. The molecule has 142 valence electrons. The molecule has 0 radical (unpaired) electrons. The van der Waals surface area contributed by atoms with Crippen molar-refractivity contribution in [1.29, 1.82) is 0 Å². The first kappa shape index (κ1) is 17.7. The smallest absolute Gasteiger partial charge is 0.259 e. The van der Waals surface area contributed by atoms with Crippen LogP contribution in [-0.4, -0.2) is 55.0 Å². The van der Waals surface area contributed by atoms with E-state index in [0.717, 1.165) is 44.5 Å². The summed E-state index contributed by atoms with van der Waals surface area (Å²) in [6.07, 6.45) is 6.82. The fourth-order valence-electron chi connectivity index (χ4n) is 5.00. The van der Waals surface area contributed by atoms with Crippen molar-refractivity contribution < 1.29 is 18.8 Å². The highest BCUT2D eigenvalue weighted by Crippen LogP contribution is 2.48. The minimum atomic E-state index is -0.0621. The number of aromatic nitrogens is 1. The summed E-state index contributed by atoms with van der Waals surface area (Å²) >= 11 is 0. The lowest BCUT2D eigenvalue weighted by molar-refractivity contribution is -0.0739. The van der Waals surface area contributed by atoms with Crippen LogP contribution < -0.4 is 0 Å². The van der Waals surface area contributed by atoms with Crippen LogP contribution >= 0.6 is 0 Å². The van der Waals surface area contributed by atoms with E-state index in [2.05, 4.69) is 16.1 Å². The van der Waals surface area contributed by atoms with Crippen molar-refractivity contribution in [2.75, 3.05) is 33.0 Å². The fourth-order valence-corrected chi connectivity index (χ4v) is 5.00. The van der Waals surface area contributed by atoms with Crippen molar-refractivity contribution in [2.45, 2.75) is 52.0 Å². The van der Waals surface area contributed by atoms with Crippen LogP contribution in [0.3, 0.4) is 0 Å². The molecule has 2 fully saturated rings. The van der Waals surface area contributed by atoms with Crippen molar-refractivity contribution in [1.82, 2.24) is 10.1 Å². The first-order chi connectivity index (χ1) is 12.7. The molecule has 1 aromatic rings. The van der Waals surface area contributed by atoms with Crippen LogP contribution in [0, 0.1) is 12.3 Å². The lowest BCUT2D eigenvalue weighted by atomic mass is 9.65. The fraction of sp³-hybridized carbons (Fsp3) is 0.700. The van der Waals surface area contributed by atoms with Gasteiger partial charge in [-0.15, -0.1) is 0 Å². The van der Waals surface area contributed by atoms with Gasteiger partial charge < -0.3 is 18.9 Å². The van der Waals surface area contributed by atoms with E-state index in [1.54, 1.807) is 0 Å². The Morgan fingerprint density at radius 3 is 3.04 bits per heavy atom. The Kier molecular flexibility index (Phi) is 4.88. The highest BCUT2D eigenvalue weighted by molar-refractivity contribution is 5.96. The summed E-state index contributed by atoms with van der Waals surface area (Å²) < 4.78 is 16.8. The summed E-state index contributed by atoms with van der Waals surface area (Å²) in [5, 5.41) is 4.09. The Labute approximate surface area is 154 Å². The van der Waals surface area contributed by atoms with Gasteiger partial charge in [0.05, 0.1) is 25.5 Å². The lowest BCUT2D eigenvalue weighted by Gasteiger charge is -2.54. The highest BCUT2D eigenvalue weighted by atomic mass is 16.5. The summed E-state index contributed by atoms with van der Waals surface area (Å²) in [6, 6.07) is 0.181. The van der Waals surface area contributed by atoms with E-state index in [4.69, 9.17) is 14.0 Å². The SMILES string of the molecule is CCc1noc(C)c1C(=O)N1CCC[C@@]2(C3=CCOCC3)COCC[C@H]12. The number of rotatable bonds is 3. The number of carbonyl (C=O) groups excluding carboxylic acids is 1. The number of fused-ring (bicyclic) bond motifs is 1. The molecule has 1 amide bonds. The van der Waals surface area contributed by atoms with Gasteiger partial charge in [-0.1, -0.05) is 23.7 Å². The second kappa shape index (κ2) is 7.16. The summed E-state index contributed by atoms with van der Waals surface area (Å²) in [5.74, 6) is 0.699. The van der Waals surface area contributed by atoms with E-state index in [0.29, 0.717) is 37.6 Å². The standard InChI is InChI=1S/C20H28N2O4/c1-3-16-18(14(2)26-21-16)19(23)22-9-4-8-20(13-25-12-7-17(20)22)15-5-10-24-11-6-15/h5,17H,3-4,6-13H2,1-2H3/t17-,20-/m0/s1. The number of ether oxygens (including phenoxy) is 2. The number of likely N-dealkylation sites (tertiary alicyclic amines) is 1. The molecule has 0 spiro atoms. The molecular formula is C20H28N2O4. The summed E-state index contributed by atoms with van der Waals surface area (Å²) in [4.78, 5) is 15.6. The maximum Gasteiger partial charge on any atom is 0.259 e. The summed E-state index contributed by atoms with van der Waals surface area (Å²) in [5.41, 5.74) is 2.79. The van der Waals surface area contributed by atoms with Gasteiger partial charge in [-0.05, 0) is 39.0 Å². The predicted octanol–water partition coefficient (Wildman–Crippen LogP) is 2.90. The van der Waals surface area contributed by atoms with E-state index in [-0.39, 0.29) is 17.4 Å². The molecule has 0 N–H and O–H groups in total. The Balaban J connectivity index is 1.69. The molecule has 26 heavy (non-hydrogen) atoms. The van der Waals surface area contributed by atoms with Crippen LogP contribution in [0.15, 0.2) is 16.2 Å². The van der Waals surface area contributed by atoms with Gasteiger partial charge in [0, 0.05) is 24.6 Å². The van der Waals surface area contributed by atoms with Gasteiger partial charge in [-0.2, -0.15) is 0 Å². The molecule has 4 rings (SSSR count). The monoisotopic (exact) mass is 360 g/mol. The van der Waals surface area contributed by atoms with E-state index in [9.17, 15) is 4.79 Å². The van der Waals surface area contributed by atoms with Crippen molar-refractivity contribution in [2.24, 2.45) is 5.41 Å². The number of hydrogen-bond donors (Lipinski definition) is 0. The zero-order valence-electron chi connectivity index (χ0n) is 15.8. The first-order valence-electron chi connectivity index (χ1n) is 9.78. The molecule has 4 heterocycles. The van der Waals surface area contributed by atoms with Crippen molar-refractivity contribution >= 4 is 5.91 Å². The molecule has 3 aliphatic rings. The normalized spacial score (nSPS) is 29.2. The molecule has 6 heteroatoms. The third kappa shape index (κ3) is 2.79. The van der Waals surface area contributed by atoms with E-state index in [1.165, 1.54) is 5.57 Å². The zero-order chi connectivity index (χ0) is 18.1. The number of aryl methyl sites for hydroxylation is 2. The van der Waals surface area contributed by atoms with Gasteiger partial charge >= 0.3 is 0 Å². The molecule has 1 aromatic heterocycles. The van der Waals surface area contributed by atoms with Crippen molar-refractivity contribution in [3.05, 3.63) is 28.7 Å². The van der Waals surface area contributed by atoms with Gasteiger partial charge in [0.1, 0.15) is 11.3 Å². The second-order valence-electron chi connectivity index (χ2n) is 7.58. The van der Waals surface area contributed by atoms with Crippen LogP contribution in [0.5, 0.6) is 0 Å². The number of carbonyl (C=O) groups is 1. The van der Waals surface area contributed by atoms with E-state index < -0.39 is 0 Å². The molecule has 0 bridgehead atoms. The van der Waals surface area contributed by atoms with Crippen LogP contribution in [0.25, 0.3) is 0 Å². The molecule has 0 aliphatic carbocycles. The molecule has 2 saturated heterocycles. The Morgan fingerprint density at radius 2 is 2.27 bits per heavy atom. The number of amides is 1. The van der Waals surface area contributed by atoms with Gasteiger partial charge in [0.2, 0.25) is 0 Å². The molecule has 3 aliphatic heterocycles. The van der Waals surface area contributed by atoms with Gasteiger partial charge in [-0.25, -0.2) is 0 Å². The quantitative estimate of drug-likeness (QED) is 0.776. The molecule has 0 aromatic carbocycles. The Hall–Kier alpha value is -1.66. The third-order valence-corrected chi connectivity index (χ3v) is 6.28. The van der Waals surface area contributed by atoms with Crippen LogP contribution in [0.4, 0.5) is 0 Å². The maximum atomic E-state index is 13.5. The first-order valence-corrected chi connectivity index (χ1v) is 9.78. The molecule has 2 atom stereocenters. The van der Waals surface area contributed by atoms with Crippen LogP contribution in [-0.2, 0) is 15.9 Å².